The van der Waals surface area contributed by atoms with Gasteiger partial charge in [-0.25, -0.2) is 0 Å². The van der Waals surface area contributed by atoms with E-state index in [4.69, 9.17) is 0 Å². The number of hydrogen-bond acceptors (Lipinski definition) is 2. The van der Waals surface area contributed by atoms with E-state index in [0.717, 1.165) is 12.8 Å². The Morgan fingerprint density at radius 2 is 1.57 bits per heavy atom. The van der Waals surface area contributed by atoms with Gasteiger partial charge in [-0.05, 0) is 26.2 Å². The average molecular weight is 296 g/mol. The Kier molecular flexibility index (Phi) is 7.20. The third kappa shape index (κ3) is 4.21. The molecule has 2 amide bonds. The van der Waals surface area contributed by atoms with E-state index in [2.05, 4.69) is 12.2 Å². The van der Waals surface area contributed by atoms with Gasteiger partial charge in [-0.15, -0.1) is 0 Å². The number of hydrogen-bond donors (Lipinski definition) is 1. The lowest BCUT2D eigenvalue weighted by Gasteiger charge is -2.44. The van der Waals surface area contributed by atoms with Crippen molar-refractivity contribution < 1.29 is 9.59 Å². The third-order valence-corrected chi connectivity index (χ3v) is 4.84. The van der Waals surface area contributed by atoms with Crippen LogP contribution in [0.25, 0.3) is 0 Å². The highest BCUT2D eigenvalue weighted by Gasteiger charge is 2.46. The molecule has 1 N–H and O–H groups in total. The number of carbonyl (C=O) groups excluding carboxylic acids is 2. The summed E-state index contributed by atoms with van der Waals surface area (Å²) in [6.07, 6.45) is 8.49. The van der Waals surface area contributed by atoms with E-state index >= 15 is 0 Å². The van der Waals surface area contributed by atoms with E-state index in [1.54, 1.807) is 4.90 Å². The van der Waals surface area contributed by atoms with Gasteiger partial charge in [0.25, 0.3) is 0 Å². The molecule has 0 aliphatic carbocycles. The topological polar surface area (TPSA) is 49.4 Å². The number of amides is 2. The third-order valence-electron chi connectivity index (χ3n) is 4.84. The van der Waals surface area contributed by atoms with Crippen LogP contribution in [0.5, 0.6) is 0 Å². The minimum absolute atomic E-state index is 0.00992. The Balaban J connectivity index is 2.57. The van der Waals surface area contributed by atoms with Crippen LogP contribution < -0.4 is 5.32 Å². The summed E-state index contributed by atoms with van der Waals surface area (Å²) >= 11 is 0. The van der Waals surface area contributed by atoms with Gasteiger partial charge in [0.1, 0.15) is 11.6 Å². The summed E-state index contributed by atoms with van der Waals surface area (Å²) in [4.78, 5) is 26.7. The Hall–Kier alpha value is -1.06. The minimum Gasteiger partial charge on any atom is -0.340 e. The van der Waals surface area contributed by atoms with Crippen LogP contribution in [0.2, 0.25) is 0 Å². The Labute approximate surface area is 129 Å². The highest BCUT2D eigenvalue weighted by molar-refractivity contribution is 5.99. The molecule has 0 saturated carbocycles. The fraction of sp³-hybridized carbons (Fsp3) is 0.882. The smallest absolute Gasteiger partial charge is 0.248 e. The molecule has 1 saturated heterocycles. The van der Waals surface area contributed by atoms with Crippen molar-refractivity contribution in [1.29, 1.82) is 0 Å². The molecule has 1 aliphatic heterocycles. The first-order valence-corrected chi connectivity index (χ1v) is 8.65. The molecular formula is C17H32N2O2. The van der Waals surface area contributed by atoms with Crippen LogP contribution in [0.1, 0.15) is 79.1 Å². The normalized spacial score (nSPS) is 21.5. The Bertz CT molecular complexity index is 351. The van der Waals surface area contributed by atoms with Gasteiger partial charge in [0, 0.05) is 6.54 Å². The van der Waals surface area contributed by atoms with Gasteiger partial charge in [0.05, 0.1) is 0 Å². The minimum atomic E-state index is -0.675. The van der Waals surface area contributed by atoms with Crippen molar-refractivity contribution in [3.63, 3.8) is 0 Å². The van der Waals surface area contributed by atoms with Crippen LogP contribution in [0.4, 0.5) is 0 Å². The first kappa shape index (κ1) is 18.0. The van der Waals surface area contributed by atoms with Crippen molar-refractivity contribution in [2.45, 2.75) is 90.6 Å². The second-order valence-electron chi connectivity index (χ2n) is 6.22. The number of nitrogens with zero attached hydrogens (tertiary/aromatic N) is 1. The Morgan fingerprint density at radius 3 is 2.14 bits per heavy atom. The lowest BCUT2D eigenvalue weighted by atomic mass is 9.87. The van der Waals surface area contributed by atoms with Crippen LogP contribution >= 0.6 is 0 Å². The van der Waals surface area contributed by atoms with Crippen molar-refractivity contribution in [2.75, 3.05) is 6.54 Å². The summed E-state index contributed by atoms with van der Waals surface area (Å²) in [6, 6.07) is -0.334. The molecule has 0 aromatic heterocycles. The second-order valence-corrected chi connectivity index (χ2v) is 6.22. The number of piperazine rings is 1. The maximum Gasteiger partial charge on any atom is 0.248 e. The number of carbonyl (C=O) groups is 2. The SMILES string of the molecule is CCCCCCCCN1C(=O)C(CC)(CC)NC(=O)C1C. The average Bonchev–Trinajstić information content (AvgIpc) is 2.49. The molecule has 1 rings (SSSR count). The Morgan fingerprint density at radius 1 is 1.00 bits per heavy atom. The molecule has 21 heavy (non-hydrogen) atoms. The molecule has 1 fully saturated rings. The highest BCUT2D eigenvalue weighted by atomic mass is 16.2. The molecule has 0 spiro atoms. The molecule has 1 unspecified atom stereocenters. The predicted molar refractivity (Wildman–Crippen MR) is 86.0 cm³/mol. The zero-order valence-corrected chi connectivity index (χ0v) is 14.2. The van der Waals surface area contributed by atoms with E-state index in [9.17, 15) is 9.59 Å². The molecule has 122 valence electrons. The molecule has 1 heterocycles. The van der Waals surface area contributed by atoms with Gasteiger partial charge in [-0.3, -0.25) is 9.59 Å². The van der Waals surface area contributed by atoms with Crippen LogP contribution in [0.15, 0.2) is 0 Å². The molecule has 4 heteroatoms. The van der Waals surface area contributed by atoms with Crippen LogP contribution in [-0.2, 0) is 9.59 Å². The summed E-state index contributed by atoms with van der Waals surface area (Å²) in [5.74, 6) is 0.0949. The van der Waals surface area contributed by atoms with Crippen molar-refractivity contribution in [3.05, 3.63) is 0 Å². The molecule has 0 radical (unpaired) electrons. The van der Waals surface area contributed by atoms with Crippen molar-refractivity contribution >= 4 is 11.8 Å². The molecule has 0 bridgehead atoms. The summed E-state index contributed by atoms with van der Waals surface area (Å²) in [6.45, 7) is 8.70. The monoisotopic (exact) mass is 296 g/mol. The second kappa shape index (κ2) is 8.40. The predicted octanol–water partition coefficient (Wildman–Crippen LogP) is 3.25. The van der Waals surface area contributed by atoms with Gasteiger partial charge < -0.3 is 10.2 Å². The summed E-state index contributed by atoms with van der Waals surface area (Å²) in [5.41, 5.74) is -0.675. The van der Waals surface area contributed by atoms with E-state index < -0.39 is 5.54 Å². The van der Waals surface area contributed by atoms with Gasteiger partial charge in [0.2, 0.25) is 11.8 Å². The maximum absolute atomic E-state index is 12.7. The molecule has 0 aromatic carbocycles. The number of nitrogens with one attached hydrogen (secondary N) is 1. The quantitative estimate of drug-likeness (QED) is 0.664. The van der Waals surface area contributed by atoms with Crippen LogP contribution in [0.3, 0.4) is 0 Å². The zero-order chi connectivity index (χ0) is 15.9. The van der Waals surface area contributed by atoms with E-state index in [1.165, 1.54) is 25.7 Å². The molecule has 0 aromatic rings. The first-order chi connectivity index (χ1) is 10.0. The van der Waals surface area contributed by atoms with Gasteiger partial charge >= 0.3 is 0 Å². The zero-order valence-electron chi connectivity index (χ0n) is 14.2. The summed E-state index contributed by atoms with van der Waals surface area (Å²) < 4.78 is 0. The van der Waals surface area contributed by atoms with Gasteiger partial charge in [-0.2, -0.15) is 0 Å². The van der Waals surface area contributed by atoms with E-state index in [0.29, 0.717) is 19.4 Å². The summed E-state index contributed by atoms with van der Waals surface area (Å²) in [7, 11) is 0. The van der Waals surface area contributed by atoms with Crippen molar-refractivity contribution in [2.24, 2.45) is 0 Å². The van der Waals surface area contributed by atoms with E-state index in [1.807, 2.05) is 20.8 Å². The fourth-order valence-corrected chi connectivity index (χ4v) is 3.07. The summed E-state index contributed by atoms with van der Waals surface area (Å²) in [5, 5.41) is 2.95. The van der Waals surface area contributed by atoms with Crippen molar-refractivity contribution in [3.8, 4) is 0 Å². The molecular weight excluding hydrogens is 264 g/mol. The molecule has 1 aliphatic rings. The highest BCUT2D eigenvalue weighted by Crippen LogP contribution is 2.25. The number of unbranched alkanes of at least 4 members (excludes halogenated alkanes) is 5. The van der Waals surface area contributed by atoms with Gasteiger partial charge in [-0.1, -0.05) is 52.9 Å². The van der Waals surface area contributed by atoms with Crippen LogP contribution in [0, 0.1) is 0 Å². The fourth-order valence-electron chi connectivity index (χ4n) is 3.07. The maximum atomic E-state index is 12.7. The number of rotatable bonds is 9. The molecule has 1 atom stereocenters. The standard InChI is InChI=1S/C17H32N2O2/c1-5-8-9-10-11-12-13-19-14(4)15(20)18-17(6-2,7-3)16(19)21/h14H,5-13H2,1-4H3,(H,18,20). The lowest BCUT2D eigenvalue weighted by Crippen LogP contribution is -2.69. The van der Waals surface area contributed by atoms with Crippen LogP contribution in [-0.4, -0.2) is 34.8 Å². The molecule has 4 nitrogen and oxygen atoms in total. The van der Waals surface area contributed by atoms with Crippen molar-refractivity contribution in [1.82, 2.24) is 10.2 Å². The van der Waals surface area contributed by atoms with E-state index in [-0.39, 0.29) is 17.9 Å². The van der Waals surface area contributed by atoms with Gasteiger partial charge in [0.15, 0.2) is 0 Å². The first-order valence-electron chi connectivity index (χ1n) is 8.65. The lowest BCUT2D eigenvalue weighted by molar-refractivity contribution is -0.154. The largest absolute Gasteiger partial charge is 0.340 e.